The second-order valence-electron chi connectivity index (χ2n) is 4.89. The van der Waals surface area contributed by atoms with Gasteiger partial charge in [0.1, 0.15) is 5.82 Å². The van der Waals surface area contributed by atoms with Crippen LogP contribution in [0.25, 0.3) is 11.4 Å². The van der Waals surface area contributed by atoms with Gasteiger partial charge in [0.15, 0.2) is 5.82 Å². The van der Waals surface area contributed by atoms with Crippen molar-refractivity contribution in [2.75, 3.05) is 13.7 Å². The molecule has 120 valence electrons. The average molecular weight is 354 g/mol. The molecule has 2 rings (SSSR count). The molecule has 0 spiro atoms. The van der Waals surface area contributed by atoms with Crippen LogP contribution in [-0.4, -0.2) is 34.9 Å². The van der Waals surface area contributed by atoms with Crippen LogP contribution >= 0.6 is 0 Å². The Hall–Kier alpha value is -1.12. The van der Waals surface area contributed by atoms with Crippen molar-refractivity contribution in [3.05, 3.63) is 35.7 Å². The van der Waals surface area contributed by atoms with Crippen molar-refractivity contribution < 1.29 is 71.1 Å². The fraction of sp³-hybridized carbons (Fsp3) is 0.333. The number of aromatic amines is 1. The monoisotopic (exact) mass is 354 g/mol. The van der Waals surface area contributed by atoms with Gasteiger partial charge in [0.25, 0.3) is 0 Å². The molecule has 2 unspecified atom stereocenters. The largest absolute Gasteiger partial charge is 1.00 e. The van der Waals surface area contributed by atoms with Crippen LogP contribution in [0.1, 0.15) is 17.3 Å². The van der Waals surface area contributed by atoms with E-state index in [1.807, 2.05) is 37.3 Å². The minimum absolute atomic E-state index is 0. The number of H-pyrrole nitrogens is 1. The third-order valence-corrected chi connectivity index (χ3v) is 3.29. The molecular weight excluding hydrogens is 339 g/mol. The third kappa shape index (κ3) is 5.19. The van der Waals surface area contributed by atoms with E-state index in [-0.39, 0.29) is 63.8 Å². The van der Waals surface area contributed by atoms with E-state index in [0.717, 1.165) is 11.1 Å². The van der Waals surface area contributed by atoms with Gasteiger partial charge in [0.2, 0.25) is 0 Å². The number of aryl methyl sites for hydroxylation is 1. The summed E-state index contributed by atoms with van der Waals surface area (Å²) in [5, 5.41) is 27.1. The normalized spacial score (nSPS) is 12.7. The van der Waals surface area contributed by atoms with Crippen LogP contribution in [-0.2, 0) is 14.6 Å². The van der Waals surface area contributed by atoms with Crippen molar-refractivity contribution in [3.8, 4) is 17.5 Å². The van der Waals surface area contributed by atoms with Gasteiger partial charge in [0.05, 0.1) is 37.6 Å². The summed E-state index contributed by atoms with van der Waals surface area (Å²) in [5.74, 6) is -3.40. The number of benzene rings is 1. The number of nitrogens with zero attached hydrogens (tertiary/aromatic N) is 3. The van der Waals surface area contributed by atoms with Crippen molar-refractivity contribution in [1.29, 1.82) is 5.26 Å². The van der Waals surface area contributed by atoms with E-state index in [0.29, 0.717) is 5.82 Å². The Morgan fingerprint density at radius 2 is 2.08 bits per heavy atom. The molecule has 24 heavy (non-hydrogen) atoms. The van der Waals surface area contributed by atoms with Gasteiger partial charge in [-0.1, -0.05) is 29.8 Å². The van der Waals surface area contributed by atoms with Crippen LogP contribution in [0.2, 0.25) is 0 Å². The molecule has 0 aliphatic carbocycles. The summed E-state index contributed by atoms with van der Waals surface area (Å²) in [7, 11) is 1.27. The number of rotatable bonds is 7. The number of carbonyl (C=O) groups is 1. The van der Waals surface area contributed by atoms with E-state index in [4.69, 9.17) is 5.26 Å². The molecule has 0 amide bonds. The second kappa shape index (κ2) is 10.0. The number of nitrogens with one attached hydrogen (secondary N) is 1. The molecular formula is C15H15KN4O4. The summed E-state index contributed by atoms with van der Waals surface area (Å²) in [5.41, 5.74) is 1.82. The van der Waals surface area contributed by atoms with Gasteiger partial charge in [-0.25, -0.2) is 14.8 Å². The molecule has 1 aromatic carbocycles. The molecule has 0 fully saturated rings. The molecule has 1 aromatic heterocycles. The molecule has 0 saturated carbocycles. The Morgan fingerprint density at radius 1 is 1.42 bits per heavy atom. The maximum atomic E-state index is 11.4. The molecule has 0 saturated heterocycles. The van der Waals surface area contributed by atoms with Crippen molar-refractivity contribution >= 4 is 5.97 Å². The van der Waals surface area contributed by atoms with Crippen LogP contribution in [0.4, 0.5) is 0 Å². The van der Waals surface area contributed by atoms with Crippen LogP contribution < -0.4 is 56.5 Å². The molecule has 0 bridgehead atoms. The summed E-state index contributed by atoms with van der Waals surface area (Å²) >= 11 is 0. The summed E-state index contributed by atoms with van der Waals surface area (Å²) in [6.07, 6.45) is 0. The van der Waals surface area contributed by atoms with E-state index < -0.39 is 17.8 Å². The topological polar surface area (TPSA) is 124 Å². The van der Waals surface area contributed by atoms with Gasteiger partial charge < -0.3 is 9.90 Å². The van der Waals surface area contributed by atoms with Crippen molar-refractivity contribution in [2.24, 2.45) is 5.92 Å². The van der Waals surface area contributed by atoms with Gasteiger partial charge >= 0.3 is 51.4 Å². The minimum Gasteiger partial charge on any atom is -0.549 e. The molecule has 9 heteroatoms. The van der Waals surface area contributed by atoms with Gasteiger partial charge in [-0.3, -0.25) is 5.10 Å². The van der Waals surface area contributed by atoms with E-state index in [9.17, 15) is 9.90 Å². The zero-order chi connectivity index (χ0) is 16.8. The van der Waals surface area contributed by atoms with Gasteiger partial charge in [-0.05, 0) is 6.92 Å². The molecule has 0 aliphatic heterocycles. The standard InChI is InChI=1S/C15H16N4O4.K/c1-9-3-5-10(6-4-9)13-17-14(19-18-13)12(15(20)21)11(7-16)8-23-22-2;/h3-6,11-12H,8H2,1-2H3,(H,20,21)(H,17,18,19);/q;+1/p-1. The Kier molecular flexibility index (Phi) is 8.72. The van der Waals surface area contributed by atoms with Gasteiger partial charge in [0, 0.05) is 5.56 Å². The van der Waals surface area contributed by atoms with Gasteiger partial charge in [-0.2, -0.15) is 10.4 Å². The van der Waals surface area contributed by atoms with Crippen LogP contribution in [0.15, 0.2) is 24.3 Å². The number of hydrogen-bond acceptors (Lipinski definition) is 7. The number of aliphatic carboxylic acids is 1. The van der Waals surface area contributed by atoms with E-state index in [1.165, 1.54) is 7.11 Å². The Labute approximate surface area is 181 Å². The summed E-state index contributed by atoms with van der Waals surface area (Å²) < 4.78 is 0. The molecule has 0 radical (unpaired) electrons. The van der Waals surface area contributed by atoms with Crippen LogP contribution in [0, 0.1) is 24.2 Å². The van der Waals surface area contributed by atoms with E-state index >= 15 is 0 Å². The molecule has 1 heterocycles. The summed E-state index contributed by atoms with van der Waals surface area (Å²) in [4.78, 5) is 24.7. The Morgan fingerprint density at radius 3 is 2.62 bits per heavy atom. The molecule has 2 aromatic rings. The number of hydrogen-bond donors (Lipinski definition) is 1. The zero-order valence-electron chi connectivity index (χ0n) is 13.6. The molecule has 1 N–H and O–H groups in total. The van der Waals surface area contributed by atoms with Crippen molar-refractivity contribution in [3.63, 3.8) is 0 Å². The Balaban J connectivity index is 0.00000288. The van der Waals surface area contributed by atoms with Crippen molar-refractivity contribution in [2.45, 2.75) is 12.8 Å². The van der Waals surface area contributed by atoms with Crippen LogP contribution in [0.3, 0.4) is 0 Å². The second-order valence-corrected chi connectivity index (χ2v) is 4.89. The van der Waals surface area contributed by atoms with E-state index in [1.54, 1.807) is 0 Å². The first kappa shape index (κ1) is 20.9. The minimum atomic E-state index is -1.44. The number of carboxylic acids is 1. The molecule has 0 aliphatic rings. The predicted octanol–water partition coefficient (Wildman–Crippen LogP) is -2.66. The molecule has 8 nitrogen and oxygen atoms in total. The quantitative estimate of drug-likeness (QED) is 0.327. The number of carbonyl (C=O) groups excluding carboxylic acids is 1. The number of aromatic nitrogens is 3. The zero-order valence-corrected chi connectivity index (χ0v) is 16.8. The summed E-state index contributed by atoms with van der Waals surface area (Å²) in [6, 6.07) is 9.30. The summed E-state index contributed by atoms with van der Waals surface area (Å²) in [6.45, 7) is 1.72. The van der Waals surface area contributed by atoms with Crippen LogP contribution in [0.5, 0.6) is 0 Å². The maximum Gasteiger partial charge on any atom is 1.00 e. The maximum absolute atomic E-state index is 11.4. The van der Waals surface area contributed by atoms with Crippen molar-refractivity contribution in [1.82, 2.24) is 15.2 Å². The number of carboxylic acid groups (broad SMARTS) is 1. The fourth-order valence-electron chi connectivity index (χ4n) is 2.06. The third-order valence-electron chi connectivity index (χ3n) is 3.29. The molecule has 2 atom stereocenters. The van der Waals surface area contributed by atoms with E-state index in [2.05, 4.69) is 25.0 Å². The first-order chi connectivity index (χ1) is 11.1. The fourth-order valence-corrected chi connectivity index (χ4v) is 2.06. The smallest absolute Gasteiger partial charge is 0.549 e. The number of nitriles is 1. The SMILES string of the molecule is COOCC(C#N)C(C(=O)[O-])c1nc(-c2ccc(C)cc2)n[nH]1.[K+]. The average Bonchev–Trinajstić information content (AvgIpc) is 3.00. The predicted molar refractivity (Wildman–Crippen MR) is 76.4 cm³/mol. The van der Waals surface area contributed by atoms with Gasteiger partial charge in [-0.15, -0.1) is 0 Å². The Bertz CT molecular complexity index is 711. The first-order valence-corrected chi connectivity index (χ1v) is 6.82. The first-order valence-electron chi connectivity index (χ1n) is 6.82.